The van der Waals surface area contributed by atoms with Gasteiger partial charge >= 0.3 is 0 Å². The molecule has 108 valence electrons. The van der Waals surface area contributed by atoms with Crippen LogP contribution in [0.15, 0.2) is 6.07 Å². The fourth-order valence-corrected chi connectivity index (χ4v) is 2.26. The Labute approximate surface area is 120 Å². The largest absolute Gasteiger partial charge is 0.494 e. The summed E-state index contributed by atoms with van der Waals surface area (Å²) in [5.74, 6) is 0.819. The summed E-state index contributed by atoms with van der Waals surface area (Å²) in [6.07, 6.45) is -0.337. The van der Waals surface area contributed by atoms with Crippen molar-refractivity contribution in [3.63, 3.8) is 0 Å². The van der Waals surface area contributed by atoms with Gasteiger partial charge in [0.15, 0.2) is 0 Å². The van der Waals surface area contributed by atoms with Crippen LogP contribution in [0.4, 0.5) is 0 Å². The first-order chi connectivity index (χ1) is 8.88. The van der Waals surface area contributed by atoms with Gasteiger partial charge in [-0.25, -0.2) is 0 Å². The number of benzene rings is 1. The van der Waals surface area contributed by atoms with Gasteiger partial charge in [0.25, 0.3) is 0 Å². The molecule has 0 spiro atoms. The first-order valence-corrected chi connectivity index (χ1v) is 7.03. The van der Waals surface area contributed by atoms with E-state index >= 15 is 0 Å². The molecule has 0 aromatic heterocycles. The monoisotopic (exact) mass is 286 g/mol. The van der Waals surface area contributed by atoms with Gasteiger partial charge in [0.05, 0.1) is 18.8 Å². The van der Waals surface area contributed by atoms with Crippen molar-refractivity contribution in [2.24, 2.45) is 0 Å². The normalized spacial score (nSPS) is 14.3. The van der Waals surface area contributed by atoms with E-state index in [-0.39, 0.29) is 0 Å². The van der Waals surface area contributed by atoms with Crippen molar-refractivity contribution < 1.29 is 14.9 Å². The lowest BCUT2D eigenvalue weighted by molar-refractivity contribution is 0.0264. The molecule has 2 N–H and O–H groups in total. The van der Waals surface area contributed by atoms with Crippen LogP contribution in [0.5, 0.6) is 5.75 Å². The Morgan fingerprint density at radius 2 is 1.95 bits per heavy atom. The number of halogens is 1. The van der Waals surface area contributed by atoms with Crippen LogP contribution < -0.4 is 4.74 Å². The van der Waals surface area contributed by atoms with Crippen molar-refractivity contribution in [3.8, 4) is 5.75 Å². The van der Waals surface area contributed by atoms with E-state index in [1.165, 1.54) is 0 Å². The Morgan fingerprint density at radius 1 is 1.32 bits per heavy atom. The van der Waals surface area contributed by atoms with Crippen LogP contribution in [0.1, 0.15) is 37.0 Å². The highest BCUT2D eigenvalue weighted by Crippen LogP contribution is 2.33. The van der Waals surface area contributed by atoms with Crippen LogP contribution >= 0.6 is 11.6 Å². The Morgan fingerprint density at radius 3 is 2.47 bits per heavy atom. The number of hydrogen-bond acceptors (Lipinski definition) is 3. The summed E-state index contributed by atoms with van der Waals surface area (Å²) in [6, 6.07) is 1.93. The lowest BCUT2D eigenvalue weighted by Crippen LogP contribution is -2.23. The molecule has 0 saturated heterocycles. The molecule has 0 bridgehead atoms. The second-order valence-corrected chi connectivity index (χ2v) is 5.27. The predicted octanol–water partition coefficient (Wildman–Crippen LogP) is 3.03. The summed E-state index contributed by atoms with van der Waals surface area (Å²) in [5.41, 5.74) is 2.99. The summed E-state index contributed by atoms with van der Waals surface area (Å²) < 4.78 is 5.64. The third kappa shape index (κ3) is 4.10. The van der Waals surface area contributed by atoms with Crippen LogP contribution in [-0.4, -0.2) is 29.0 Å². The molecule has 2 unspecified atom stereocenters. The molecule has 1 aromatic carbocycles. The topological polar surface area (TPSA) is 49.7 Å². The lowest BCUT2D eigenvalue weighted by atomic mass is 9.97. The molecule has 3 nitrogen and oxygen atoms in total. The van der Waals surface area contributed by atoms with Crippen LogP contribution in [0.2, 0.25) is 5.02 Å². The number of hydrogen-bond donors (Lipinski definition) is 2. The van der Waals surface area contributed by atoms with E-state index in [2.05, 4.69) is 0 Å². The average Bonchev–Trinajstić information content (AvgIpc) is 2.35. The third-order valence-electron chi connectivity index (χ3n) is 3.32. The highest BCUT2D eigenvalue weighted by Gasteiger charge is 2.16. The van der Waals surface area contributed by atoms with Gasteiger partial charge in [-0.15, -0.1) is 0 Å². The number of ether oxygens (including phenoxy) is 1. The maximum absolute atomic E-state index is 9.70. The van der Waals surface area contributed by atoms with Crippen LogP contribution in [0.3, 0.4) is 0 Å². The number of aliphatic hydroxyl groups excluding tert-OH is 2. The number of rotatable bonds is 6. The molecule has 0 radical (unpaired) electrons. The molecule has 4 heteroatoms. The standard InChI is InChI=1S/C15H23ClO3/c1-5-19-14-8-9(2)15(16)10(3)12(14)6-7-13(18)11(4)17/h8,11,13,17-18H,5-7H2,1-4H3. The van der Waals surface area contributed by atoms with Gasteiger partial charge < -0.3 is 14.9 Å². The molecule has 2 atom stereocenters. The molecule has 0 aliphatic carbocycles. The van der Waals surface area contributed by atoms with E-state index in [4.69, 9.17) is 16.3 Å². The van der Waals surface area contributed by atoms with Gasteiger partial charge in [-0.2, -0.15) is 0 Å². The summed E-state index contributed by atoms with van der Waals surface area (Å²) >= 11 is 6.27. The third-order valence-corrected chi connectivity index (χ3v) is 3.90. The van der Waals surface area contributed by atoms with E-state index < -0.39 is 12.2 Å². The highest BCUT2D eigenvalue weighted by molar-refractivity contribution is 6.32. The smallest absolute Gasteiger partial charge is 0.123 e. The molecule has 1 rings (SSSR count). The van der Waals surface area contributed by atoms with Crippen molar-refractivity contribution in [1.29, 1.82) is 0 Å². The second-order valence-electron chi connectivity index (χ2n) is 4.89. The van der Waals surface area contributed by atoms with Gasteiger partial charge in [0, 0.05) is 5.02 Å². The first-order valence-electron chi connectivity index (χ1n) is 6.66. The predicted molar refractivity (Wildman–Crippen MR) is 78.1 cm³/mol. The first kappa shape index (κ1) is 16.3. The molecule has 0 saturated carbocycles. The van der Waals surface area contributed by atoms with Gasteiger partial charge in [0.1, 0.15) is 5.75 Å². The average molecular weight is 287 g/mol. The summed E-state index contributed by atoms with van der Waals surface area (Å²) in [4.78, 5) is 0. The Bertz CT molecular complexity index is 430. The van der Waals surface area contributed by atoms with E-state index in [0.29, 0.717) is 19.4 Å². The van der Waals surface area contributed by atoms with Crippen molar-refractivity contribution in [2.75, 3.05) is 6.61 Å². The molecular weight excluding hydrogens is 264 g/mol. The van der Waals surface area contributed by atoms with E-state index in [1.54, 1.807) is 6.92 Å². The minimum Gasteiger partial charge on any atom is -0.494 e. The molecule has 0 heterocycles. The van der Waals surface area contributed by atoms with Crippen molar-refractivity contribution >= 4 is 11.6 Å². The van der Waals surface area contributed by atoms with Crippen LogP contribution in [0, 0.1) is 13.8 Å². The van der Waals surface area contributed by atoms with Gasteiger partial charge in [-0.3, -0.25) is 0 Å². The SMILES string of the molecule is CCOc1cc(C)c(Cl)c(C)c1CCC(O)C(C)O. The fraction of sp³-hybridized carbons (Fsp3) is 0.600. The van der Waals surface area contributed by atoms with Gasteiger partial charge in [-0.1, -0.05) is 11.6 Å². The van der Waals surface area contributed by atoms with Crippen molar-refractivity contribution in [1.82, 2.24) is 0 Å². The second kappa shape index (κ2) is 7.13. The maximum Gasteiger partial charge on any atom is 0.123 e. The zero-order chi connectivity index (χ0) is 14.6. The molecule has 0 aliphatic heterocycles. The minimum atomic E-state index is -0.728. The molecular formula is C15H23ClO3. The highest BCUT2D eigenvalue weighted by atomic mass is 35.5. The zero-order valence-electron chi connectivity index (χ0n) is 12.0. The Hall–Kier alpha value is -0.770. The zero-order valence-corrected chi connectivity index (χ0v) is 12.8. The van der Waals surface area contributed by atoms with Gasteiger partial charge in [-0.05, 0) is 63.3 Å². The number of aliphatic hydroxyl groups is 2. The summed E-state index contributed by atoms with van der Waals surface area (Å²) in [7, 11) is 0. The van der Waals surface area contributed by atoms with E-state index in [1.807, 2.05) is 26.8 Å². The Balaban J connectivity index is 3.00. The quantitative estimate of drug-likeness (QED) is 0.845. The van der Waals surface area contributed by atoms with Crippen LogP contribution in [-0.2, 0) is 6.42 Å². The van der Waals surface area contributed by atoms with Gasteiger partial charge in [0.2, 0.25) is 0 Å². The Kier molecular flexibility index (Phi) is 6.11. The van der Waals surface area contributed by atoms with Crippen LogP contribution in [0.25, 0.3) is 0 Å². The summed E-state index contributed by atoms with van der Waals surface area (Å²) in [6.45, 7) is 8.03. The fourth-order valence-electron chi connectivity index (χ4n) is 2.09. The molecule has 19 heavy (non-hydrogen) atoms. The summed E-state index contributed by atoms with van der Waals surface area (Å²) in [5, 5.41) is 19.8. The van der Waals surface area contributed by atoms with E-state index in [0.717, 1.165) is 27.5 Å². The van der Waals surface area contributed by atoms with E-state index in [9.17, 15) is 10.2 Å². The minimum absolute atomic E-state index is 0.484. The molecule has 1 aromatic rings. The van der Waals surface area contributed by atoms with Crippen molar-refractivity contribution in [3.05, 3.63) is 27.8 Å². The van der Waals surface area contributed by atoms with Crippen molar-refractivity contribution in [2.45, 2.75) is 52.7 Å². The number of aryl methyl sites for hydroxylation is 1. The lowest BCUT2D eigenvalue weighted by Gasteiger charge is -2.18. The molecule has 0 amide bonds. The molecule has 0 fully saturated rings. The molecule has 0 aliphatic rings. The maximum atomic E-state index is 9.70.